The molecule has 1 heterocycles. The van der Waals surface area contributed by atoms with Crippen LogP contribution < -0.4 is 10.2 Å². The number of nitrogens with one attached hydrogen (secondary N) is 1. The molecule has 0 radical (unpaired) electrons. The largest absolute Gasteiger partial charge is 0.364 e. The fourth-order valence-corrected chi connectivity index (χ4v) is 4.06. The standard InChI is InChI=1S/C23H22N2O/c1-16-14-17(2)21-20(15-16)23(22(26)25(21)3,18-10-6-4-7-11-18)24-19-12-8-5-9-13-19/h4-15,24H,1-3H3/t23-/m0/s1. The molecule has 3 aromatic carbocycles. The summed E-state index contributed by atoms with van der Waals surface area (Å²) < 4.78 is 0. The van der Waals surface area contributed by atoms with E-state index in [0.29, 0.717) is 0 Å². The first-order valence-corrected chi connectivity index (χ1v) is 8.82. The molecule has 26 heavy (non-hydrogen) atoms. The highest BCUT2D eigenvalue weighted by atomic mass is 16.2. The minimum Gasteiger partial charge on any atom is -0.364 e. The summed E-state index contributed by atoms with van der Waals surface area (Å²) in [7, 11) is 1.86. The van der Waals surface area contributed by atoms with Gasteiger partial charge in [-0.15, -0.1) is 0 Å². The van der Waals surface area contributed by atoms with Crippen LogP contribution >= 0.6 is 0 Å². The highest BCUT2D eigenvalue weighted by molar-refractivity contribution is 6.12. The zero-order valence-corrected chi connectivity index (χ0v) is 15.3. The molecule has 1 atom stereocenters. The average molecular weight is 342 g/mol. The van der Waals surface area contributed by atoms with E-state index in [9.17, 15) is 4.79 Å². The van der Waals surface area contributed by atoms with Crippen LogP contribution in [0.2, 0.25) is 0 Å². The Morgan fingerprint density at radius 2 is 1.50 bits per heavy atom. The van der Waals surface area contributed by atoms with E-state index >= 15 is 0 Å². The summed E-state index contributed by atoms with van der Waals surface area (Å²) in [4.78, 5) is 15.4. The number of nitrogens with zero attached hydrogens (tertiary/aromatic N) is 1. The Bertz CT molecular complexity index is 966. The third-order valence-electron chi connectivity index (χ3n) is 5.12. The fraction of sp³-hybridized carbons (Fsp3) is 0.174. The minimum absolute atomic E-state index is 0.0382. The van der Waals surface area contributed by atoms with E-state index in [-0.39, 0.29) is 5.91 Å². The molecule has 130 valence electrons. The lowest BCUT2D eigenvalue weighted by Crippen LogP contribution is -2.46. The Morgan fingerprint density at radius 3 is 2.15 bits per heavy atom. The topological polar surface area (TPSA) is 32.3 Å². The van der Waals surface area contributed by atoms with Gasteiger partial charge in [0.25, 0.3) is 5.91 Å². The van der Waals surface area contributed by atoms with Gasteiger partial charge in [0, 0.05) is 18.3 Å². The Hall–Kier alpha value is -3.07. The van der Waals surface area contributed by atoms with Crippen LogP contribution in [-0.4, -0.2) is 13.0 Å². The van der Waals surface area contributed by atoms with Gasteiger partial charge in [0.2, 0.25) is 0 Å². The summed E-state index contributed by atoms with van der Waals surface area (Å²) in [5.41, 5.74) is 5.21. The Balaban J connectivity index is 2.03. The van der Waals surface area contributed by atoms with Crippen LogP contribution in [-0.2, 0) is 10.3 Å². The molecule has 1 aliphatic heterocycles. The van der Waals surface area contributed by atoms with Gasteiger partial charge >= 0.3 is 0 Å². The molecule has 0 aromatic heterocycles. The van der Waals surface area contributed by atoms with Crippen LogP contribution in [0, 0.1) is 13.8 Å². The molecule has 1 N–H and O–H groups in total. The van der Waals surface area contributed by atoms with E-state index in [1.165, 1.54) is 0 Å². The first kappa shape index (κ1) is 16.4. The van der Waals surface area contributed by atoms with Crippen molar-refractivity contribution in [2.45, 2.75) is 19.4 Å². The first-order chi connectivity index (χ1) is 12.5. The predicted molar refractivity (Wildman–Crippen MR) is 107 cm³/mol. The number of amides is 1. The van der Waals surface area contributed by atoms with E-state index in [1.54, 1.807) is 4.90 Å². The molecule has 0 saturated carbocycles. The summed E-state index contributed by atoms with van der Waals surface area (Å²) in [6.07, 6.45) is 0. The smallest absolute Gasteiger partial charge is 0.261 e. The molecular weight excluding hydrogens is 320 g/mol. The van der Waals surface area contributed by atoms with Gasteiger partial charge in [-0.25, -0.2) is 0 Å². The lowest BCUT2D eigenvalue weighted by Gasteiger charge is -2.31. The maximum Gasteiger partial charge on any atom is 0.261 e. The summed E-state index contributed by atoms with van der Waals surface area (Å²) in [5.74, 6) is 0.0382. The molecule has 0 unspecified atom stereocenters. The van der Waals surface area contributed by atoms with Gasteiger partial charge in [-0.3, -0.25) is 4.79 Å². The zero-order valence-electron chi connectivity index (χ0n) is 15.3. The molecule has 3 nitrogen and oxygen atoms in total. The van der Waals surface area contributed by atoms with Crippen LogP contribution in [0.15, 0.2) is 72.8 Å². The highest BCUT2D eigenvalue weighted by Crippen LogP contribution is 2.47. The molecule has 0 fully saturated rings. The van der Waals surface area contributed by atoms with Gasteiger partial charge in [-0.1, -0.05) is 66.2 Å². The first-order valence-electron chi connectivity index (χ1n) is 8.82. The number of rotatable bonds is 3. The molecule has 3 aromatic rings. The lowest BCUT2D eigenvalue weighted by molar-refractivity contribution is -0.120. The van der Waals surface area contributed by atoms with Crippen molar-refractivity contribution in [2.24, 2.45) is 0 Å². The summed E-state index contributed by atoms with van der Waals surface area (Å²) >= 11 is 0. The van der Waals surface area contributed by atoms with Crippen LogP contribution in [0.4, 0.5) is 11.4 Å². The number of likely N-dealkylation sites (N-methyl/N-ethyl adjacent to an activating group) is 1. The van der Waals surface area contributed by atoms with Crippen molar-refractivity contribution in [1.82, 2.24) is 0 Å². The minimum atomic E-state index is -0.927. The van der Waals surface area contributed by atoms with Crippen molar-refractivity contribution in [2.75, 3.05) is 17.3 Å². The van der Waals surface area contributed by atoms with E-state index in [2.05, 4.69) is 31.3 Å². The van der Waals surface area contributed by atoms with E-state index in [0.717, 1.165) is 33.6 Å². The second kappa shape index (κ2) is 6.03. The number of hydrogen-bond donors (Lipinski definition) is 1. The Kier molecular flexibility index (Phi) is 3.80. The number of fused-ring (bicyclic) bond motifs is 1. The number of para-hydroxylation sites is 1. The molecule has 1 aliphatic rings. The Labute approximate surface area is 154 Å². The molecule has 3 heteroatoms. The lowest BCUT2D eigenvalue weighted by atomic mass is 9.82. The zero-order chi connectivity index (χ0) is 18.3. The van der Waals surface area contributed by atoms with Gasteiger partial charge in [-0.2, -0.15) is 0 Å². The normalized spacial score (nSPS) is 18.7. The van der Waals surface area contributed by atoms with Crippen molar-refractivity contribution in [3.05, 3.63) is 95.1 Å². The van der Waals surface area contributed by atoms with Crippen molar-refractivity contribution in [1.29, 1.82) is 0 Å². The van der Waals surface area contributed by atoms with E-state index < -0.39 is 5.54 Å². The number of carbonyl (C=O) groups is 1. The number of benzene rings is 3. The summed E-state index contributed by atoms with van der Waals surface area (Å²) in [5, 5.41) is 3.57. The van der Waals surface area contributed by atoms with E-state index in [1.807, 2.05) is 67.7 Å². The van der Waals surface area contributed by atoms with Crippen molar-refractivity contribution < 1.29 is 4.79 Å². The van der Waals surface area contributed by atoms with Gasteiger partial charge in [0.05, 0.1) is 5.69 Å². The van der Waals surface area contributed by atoms with Gasteiger partial charge in [-0.05, 0) is 37.1 Å². The van der Waals surface area contributed by atoms with Gasteiger partial charge in [0.1, 0.15) is 0 Å². The third-order valence-corrected chi connectivity index (χ3v) is 5.12. The maximum atomic E-state index is 13.6. The number of anilines is 2. The average Bonchev–Trinajstić information content (AvgIpc) is 2.86. The molecule has 0 spiro atoms. The van der Waals surface area contributed by atoms with Crippen LogP contribution in [0.25, 0.3) is 0 Å². The molecule has 0 aliphatic carbocycles. The van der Waals surface area contributed by atoms with E-state index in [4.69, 9.17) is 0 Å². The molecule has 4 rings (SSSR count). The Morgan fingerprint density at radius 1 is 0.885 bits per heavy atom. The maximum absolute atomic E-state index is 13.6. The summed E-state index contributed by atoms with van der Waals surface area (Å²) in [6.45, 7) is 4.15. The molecule has 1 amide bonds. The summed E-state index contributed by atoms with van der Waals surface area (Å²) in [6, 6.07) is 24.2. The SMILES string of the molecule is Cc1cc(C)c2c(c1)[C@@](Nc1ccccc1)(c1ccccc1)C(=O)N2C. The van der Waals surface area contributed by atoms with Gasteiger partial charge < -0.3 is 10.2 Å². The number of hydrogen-bond acceptors (Lipinski definition) is 2. The number of aryl methyl sites for hydroxylation is 2. The second-order valence-electron chi connectivity index (χ2n) is 6.95. The molecule has 0 bridgehead atoms. The van der Waals surface area contributed by atoms with Crippen LogP contribution in [0.1, 0.15) is 22.3 Å². The predicted octanol–water partition coefficient (Wildman–Crippen LogP) is 4.64. The molecule has 0 saturated heterocycles. The van der Waals surface area contributed by atoms with Crippen molar-refractivity contribution in [3.63, 3.8) is 0 Å². The highest BCUT2D eigenvalue weighted by Gasteiger charge is 2.51. The third kappa shape index (κ3) is 2.31. The quantitative estimate of drug-likeness (QED) is 0.752. The van der Waals surface area contributed by atoms with Crippen LogP contribution in [0.5, 0.6) is 0 Å². The second-order valence-corrected chi connectivity index (χ2v) is 6.95. The van der Waals surface area contributed by atoms with Gasteiger partial charge in [0.15, 0.2) is 5.54 Å². The van der Waals surface area contributed by atoms with Crippen molar-refractivity contribution >= 4 is 17.3 Å². The molecular formula is C23H22N2O. The fourth-order valence-electron chi connectivity index (χ4n) is 4.06. The number of carbonyl (C=O) groups excluding carboxylic acids is 1. The monoisotopic (exact) mass is 342 g/mol. The van der Waals surface area contributed by atoms with Crippen LogP contribution in [0.3, 0.4) is 0 Å². The van der Waals surface area contributed by atoms with Crippen molar-refractivity contribution in [3.8, 4) is 0 Å².